The first-order valence-corrected chi connectivity index (χ1v) is 9.46. The monoisotopic (exact) mass is 381 g/mol. The van der Waals surface area contributed by atoms with Crippen molar-refractivity contribution in [1.29, 1.82) is 0 Å². The zero-order valence-electron chi connectivity index (χ0n) is 16.0. The van der Waals surface area contributed by atoms with Crippen LogP contribution < -0.4 is 4.74 Å². The van der Waals surface area contributed by atoms with Gasteiger partial charge in [-0.1, -0.05) is 11.6 Å². The van der Waals surface area contributed by atoms with Gasteiger partial charge in [0.05, 0.1) is 0 Å². The molecule has 0 atom stereocenters. The van der Waals surface area contributed by atoms with E-state index in [-0.39, 0.29) is 18.5 Å². The molecule has 0 spiro atoms. The summed E-state index contributed by atoms with van der Waals surface area (Å²) in [4.78, 5) is 30.1. The van der Waals surface area contributed by atoms with Gasteiger partial charge in [-0.05, 0) is 51.0 Å². The SMILES string of the molecule is CCN(CC)C(=O)N1CCN(C(=O)COc2cc(C)c(Cl)c(C)c2)CC1. The van der Waals surface area contributed by atoms with Gasteiger partial charge in [-0.3, -0.25) is 4.79 Å². The number of benzene rings is 1. The van der Waals surface area contributed by atoms with Crippen molar-refractivity contribution in [1.82, 2.24) is 14.7 Å². The second-order valence-corrected chi connectivity index (χ2v) is 6.86. The third-order valence-corrected chi connectivity index (χ3v) is 5.31. The largest absolute Gasteiger partial charge is 0.484 e. The van der Waals surface area contributed by atoms with Crippen molar-refractivity contribution in [3.8, 4) is 5.75 Å². The average molecular weight is 382 g/mol. The quantitative estimate of drug-likeness (QED) is 0.788. The van der Waals surface area contributed by atoms with Gasteiger partial charge >= 0.3 is 6.03 Å². The zero-order chi connectivity index (χ0) is 19.3. The maximum atomic E-state index is 12.4. The van der Waals surface area contributed by atoms with Crippen molar-refractivity contribution < 1.29 is 14.3 Å². The molecule has 0 unspecified atom stereocenters. The fraction of sp³-hybridized carbons (Fsp3) is 0.579. The zero-order valence-corrected chi connectivity index (χ0v) is 16.8. The van der Waals surface area contributed by atoms with Crippen LogP contribution in [0.3, 0.4) is 0 Å². The fourth-order valence-electron chi connectivity index (χ4n) is 3.07. The molecule has 0 saturated carbocycles. The second kappa shape index (κ2) is 9.12. The molecule has 0 N–H and O–H groups in total. The lowest BCUT2D eigenvalue weighted by Crippen LogP contribution is -2.54. The van der Waals surface area contributed by atoms with Gasteiger partial charge in [0.25, 0.3) is 5.91 Å². The molecule has 144 valence electrons. The van der Waals surface area contributed by atoms with Gasteiger partial charge in [0.15, 0.2) is 6.61 Å². The molecule has 1 aromatic carbocycles. The van der Waals surface area contributed by atoms with E-state index >= 15 is 0 Å². The highest BCUT2D eigenvalue weighted by molar-refractivity contribution is 6.32. The number of ether oxygens (including phenoxy) is 1. The lowest BCUT2D eigenvalue weighted by molar-refractivity contribution is -0.134. The van der Waals surface area contributed by atoms with Gasteiger partial charge < -0.3 is 19.4 Å². The predicted octanol–water partition coefficient (Wildman–Crippen LogP) is 2.94. The minimum Gasteiger partial charge on any atom is -0.484 e. The summed E-state index contributed by atoms with van der Waals surface area (Å²) in [5, 5.41) is 0.720. The van der Waals surface area contributed by atoms with E-state index in [1.165, 1.54) is 0 Å². The minimum absolute atomic E-state index is 0.00942. The Morgan fingerprint density at radius 2 is 1.54 bits per heavy atom. The molecule has 0 bridgehead atoms. The Morgan fingerprint density at radius 3 is 2.04 bits per heavy atom. The van der Waals surface area contributed by atoms with Crippen molar-refractivity contribution >= 4 is 23.5 Å². The van der Waals surface area contributed by atoms with Gasteiger partial charge in [-0.15, -0.1) is 0 Å². The van der Waals surface area contributed by atoms with Crippen molar-refractivity contribution in [2.45, 2.75) is 27.7 Å². The Kier molecular flexibility index (Phi) is 7.14. The molecule has 1 aliphatic heterocycles. The summed E-state index contributed by atoms with van der Waals surface area (Å²) in [6.07, 6.45) is 0. The first-order chi connectivity index (χ1) is 12.4. The van der Waals surface area contributed by atoms with Crippen LogP contribution in [0.5, 0.6) is 5.75 Å². The van der Waals surface area contributed by atoms with E-state index in [1.54, 1.807) is 9.80 Å². The summed E-state index contributed by atoms with van der Waals surface area (Å²) >= 11 is 6.15. The lowest BCUT2D eigenvalue weighted by atomic mass is 10.1. The first kappa shape index (κ1) is 20.4. The smallest absolute Gasteiger partial charge is 0.320 e. The number of urea groups is 1. The van der Waals surface area contributed by atoms with E-state index < -0.39 is 0 Å². The summed E-state index contributed by atoms with van der Waals surface area (Å²) < 4.78 is 5.65. The number of rotatable bonds is 5. The summed E-state index contributed by atoms with van der Waals surface area (Å²) in [6, 6.07) is 3.72. The number of hydrogen-bond donors (Lipinski definition) is 0. The number of piperazine rings is 1. The average Bonchev–Trinajstić information content (AvgIpc) is 2.65. The molecule has 7 heteroatoms. The standard InChI is InChI=1S/C19H28ClN3O3/c1-5-21(6-2)19(25)23-9-7-22(8-10-23)17(24)13-26-16-11-14(3)18(20)15(4)12-16/h11-12H,5-10,13H2,1-4H3. The Labute approximate surface area is 160 Å². The van der Waals surface area contributed by atoms with E-state index in [2.05, 4.69) is 0 Å². The number of carbonyl (C=O) groups is 2. The molecule has 0 radical (unpaired) electrons. The van der Waals surface area contributed by atoms with Crippen LogP contribution in [-0.4, -0.2) is 72.5 Å². The van der Waals surface area contributed by atoms with Crippen LogP contribution in [0.25, 0.3) is 0 Å². The van der Waals surface area contributed by atoms with E-state index in [9.17, 15) is 9.59 Å². The Balaban J connectivity index is 1.84. The summed E-state index contributed by atoms with van der Waals surface area (Å²) in [6.45, 7) is 11.3. The van der Waals surface area contributed by atoms with Crippen LogP contribution in [0.1, 0.15) is 25.0 Å². The number of carbonyl (C=O) groups excluding carboxylic acids is 2. The molecule has 0 aliphatic carbocycles. The Morgan fingerprint density at radius 1 is 1.04 bits per heavy atom. The highest BCUT2D eigenvalue weighted by atomic mass is 35.5. The van der Waals surface area contributed by atoms with Crippen LogP contribution in [0.2, 0.25) is 5.02 Å². The fourth-order valence-corrected chi connectivity index (χ4v) is 3.18. The van der Waals surface area contributed by atoms with Crippen molar-refractivity contribution in [3.05, 3.63) is 28.3 Å². The van der Waals surface area contributed by atoms with Crippen molar-refractivity contribution in [2.75, 3.05) is 45.9 Å². The van der Waals surface area contributed by atoms with Crippen LogP contribution in [0.4, 0.5) is 4.79 Å². The third-order valence-electron chi connectivity index (χ3n) is 4.71. The van der Waals surface area contributed by atoms with Crippen LogP contribution >= 0.6 is 11.6 Å². The normalized spacial score (nSPS) is 14.3. The van der Waals surface area contributed by atoms with Crippen LogP contribution in [0.15, 0.2) is 12.1 Å². The topological polar surface area (TPSA) is 53.1 Å². The van der Waals surface area contributed by atoms with E-state index in [4.69, 9.17) is 16.3 Å². The Hall–Kier alpha value is -1.95. The van der Waals surface area contributed by atoms with Crippen molar-refractivity contribution in [3.63, 3.8) is 0 Å². The molecule has 1 aromatic rings. The maximum absolute atomic E-state index is 12.4. The van der Waals surface area contributed by atoms with Crippen LogP contribution in [0, 0.1) is 13.8 Å². The number of aryl methyl sites for hydroxylation is 2. The highest BCUT2D eigenvalue weighted by Crippen LogP contribution is 2.25. The lowest BCUT2D eigenvalue weighted by Gasteiger charge is -2.37. The highest BCUT2D eigenvalue weighted by Gasteiger charge is 2.26. The summed E-state index contributed by atoms with van der Waals surface area (Å²) in [5.41, 5.74) is 1.86. The first-order valence-electron chi connectivity index (χ1n) is 9.08. The molecular formula is C19H28ClN3O3. The molecular weight excluding hydrogens is 354 g/mol. The van der Waals surface area contributed by atoms with E-state index in [0.717, 1.165) is 16.1 Å². The van der Waals surface area contributed by atoms with Gasteiger partial charge in [-0.2, -0.15) is 0 Å². The molecule has 1 heterocycles. The number of halogens is 1. The molecule has 6 nitrogen and oxygen atoms in total. The third kappa shape index (κ3) is 4.81. The molecule has 0 aromatic heterocycles. The Bertz CT molecular complexity index is 630. The summed E-state index contributed by atoms with van der Waals surface area (Å²) in [5.74, 6) is 0.582. The molecule has 2 rings (SSSR count). The van der Waals surface area contributed by atoms with Gasteiger partial charge in [0.1, 0.15) is 5.75 Å². The number of nitrogens with zero attached hydrogens (tertiary/aromatic N) is 3. The molecule has 1 aliphatic rings. The van der Waals surface area contributed by atoms with E-state index in [0.29, 0.717) is 45.0 Å². The van der Waals surface area contributed by atoms with Gasteiger partial charge in [0, 0.05) is 44.3 Å². The minimum atomic E-state index is -0.0646. The van der Waals surface area contributed by atoms with Crippen molar-refractivity contribution in [2.24, 2.45) is 0 Å². The van der Waals surface area contributed by atoms with Gasteiger partial charge in [0.2, 0.25) is 0 Å². The van der Waals surface area contributed by atoms with Gasteiger partial charge in [-0.25, -0.2) is 4.79 Å². The molecule has 26 heavy (non-hydrogen) atoms. The maximum Gasteiger partial charge on any atom is 0.320 e. The molecule has 3 amide bonds. The molecule has 1 saturated heterocycles. The number of amides is 3. The summed E-state index contributed by atoms with van der Waals surface area (Å²) in [7, 11) is 0. The molecule has 1 fully saturated rings. The second-order valence-electron chi connectivity index (χ2n) is 6.48. The van der Waals surface area contributed by atoms with E-state index in [1.807, 2.05) is 44.7 Å². The van der Waals surface area contributed by atoms with Crippen LogP contribution in [-0.2, 0) is 4.79 Å². The number of hydrogen-bond acceptors (Lipinski definition) is 3. The predicted molar refractivity (Wildman–Crippen MR) is 103 cm³/mol.